The molecule has 1 amide bonds. The van der Waals surface area contributed by atoms with Gasteiger partial charge in [0.05, 0.1) is 12.2 Å². The van der Waals surface area contributed by atoms with Gasteiger partial charge < -0.3 is 15.5 Å². The summed E-state index contributed by atoms with van der Waals surface area (Å²) in [6.45, 7) is 8.50. The average Bonchev–Trinajstić information content (AvgIpc) is 3.05. The van der Waals surface area contributed by atoms with Crippen molar-refractivity contribution in [3.05, 3.63) is 52.3 Å². The molecule has 0 aliphatic carbocycles. The van der Waals surface area contributed by atoms with Crippen molar-refractivity contribution < 1.29 is 4.79 Å². The lowest BCUT2D eigenvalue weighted by atomic mass is 10.1. The van der Waals surface area contributed by atoms with Gasteiger partial charge in [0.1, 0.15) is 0 Å². The fraction of sp³-hybridized carbons (Fsp3) is 0.522. The predicted molar refractivity (Wildman–Crippen MR) is 123 cm³/mol. The van der Waals surface area contributed by atoms with Crippen LogP contribution in [0.4, 0.5) is 0 Å². The third kappa shape index (κ3) is 6.08. The Kier molecular flexibility index (Phi) is 8.89. The van der Waals surface area contributed by atoms with Crippen molar-refractivity contribution in [2.45, 2.75) is 46.6 Å². The third-order valence-electron chi connectivity index (χ3n) is 5.05. The van der Waals surface area contributed by atoms with Crippen LogP contribution >= 0.6 is 0 Å². The maximum atomic E-state index is 12.2. The van der Waals surface area contributed by atoms with Crippen molar-refractivity contribution in [2.24, 2.45) is 12.0 Å². The Morgan fingerprint density at radius 3 is 2.57 bits per heavy atom. The molecule has 2 aromatic rings. The van der Waals surface area contributed by atoms with Crippen LogP contribution in [0.2, 0.25) is 0 Å². The molecule has 2 N–H and O–H groups in total. The SMILES string of the molecule is CCNC(=NCc1c(CC)nn(C)c1CC)NCCc1cccc(C(=O)N(C)C)c1. The van der Waals surface area contributed by atoms with E-state index in [4.69, 9.17) is 4.99 Å². The van der Waals surface area contributed by atoms with Gasteiger partial charge in [-0.05, 0) is 43.9 Å². The molecule has 0 fully saturated rings. The molecule has 0 atom stereocenters. The Bertz CT molecular complexity index is 869. The molecule has 164 valence electrons. The summed E-state index contributed by atoms with van der Waals surface area (Å²) in [5, 5.41) is 11.4. The van der Waals surface area contributed by atoms with Crippen molar-refractivity contribution in [1.82, 2.24) is 25.3 Å². The van der Waals surface area contributed by atoms with Gasteiger partial charge in [0.2, 0.25) is 0 Å². The Morgan fingerprint density at radius 2 is 1.93 bits per heavy atom. The van der Waals surface area contributed by atoms with Crippen LogP contribution in [-0.2, 0) is 32.9 Å². The largest absolute Gasteiger partial charge is 0.357 e. The second-order valence-electron chi connectivity index (χ2n) is 7.47. The van der Waals surface area contributed by atoms with E-state index in [9.17, 15) is 4.79 Å². The van der Waals surface area contributed by atoms with Crippen LogP contribution in [0.5, 0.6) is 0 Å². The van der Waals surface area contributed by atoms with E-state index >= 15 is 0 Å². The summed E-state index contributed by atoms with van der Waals surface area (Å²) in [5.74, 6) is 0.820. The quantitative estimate of drug-likeness (QED) is 0.490. The maximum Gasteiger partial charge on any atom is 0.253 e. The summed E-state index contributed by atoms with van der Waals surface area (Å²) in [6.07, 6.45) is 2.66. The number of nitrogens with zero attached hydrogens (tertiary/aromatic N) is 4. The summed E-state index contributed by atoms with van der Waals surface area (Å²) in [5.41, 5.74) is 5.44. The number of guanidine groups is 1. The molecule has 1 aromatic carbocycles. The van der Waals surface area contributed by atoms with E-state index in [1.54, 1.807) is 19.0 Å². The molecule has 1 aromatic heterocycles. The number of carbonyl (C=O) groups excluding carboxylic acids is 1. The minimum atomic E-state index is 0.0228. The van der Waals surface area contributed by atoms with Crippen LogP contribution in [0, 0.1) is 0 Å². The lowest BCUT2D eigenvalue weighted by Crippen LogP contribution is -2.38. The molecule has 1 heterocycles. The first-order valence-corrected chi connectivity index (χ1v) is 10.8. The first-order valence-electron chi connectivity index (χ1n) is 10.8. The zero-order chi connectivity index (χ0) is 22.1. The highest BCUT2D eigenvalue weighted by molar-refractivity contribution is 5.94. The number of hydrogen-bond donors (Lipinski definition) is 2. The number of aromatic nitrogens is 2. The van der Waals surface area contributed by atoms with Crippen molar-refractivity contribution >= 4 is 11.9 Å². The second kappa shape index (κ2) is 11.4. The van der Waals surface area contributed by atoms with Gasteiger partial charge in [-0.15, -0.1) is 0 Å². The average molecular weight is 413 g/mol. The van der Waals surface area contributed by atoms with Crippen LogP contribution in [0.25, 0.3) is 0 Å². The highest BCUT2D eigenvalue weighted by Gasteiger charge is 2.13. The lowest BCUT2D eigenvalue weighted by Gasteiger charge is -2.13. The number of nitrogens with one attached hydrogen (secondary N) is 2. The summed E-state index contributed by atoms with van der Waals surface area (Å²) in [6, 6.07) is 7.81. The zero-order valence-corrected chi connectivity index (χ0v) is 19.2. The molecular weight excluding hydrogens is 376 g/mol. The summed E-state index contributed by atoms with van der Waals surface area (Å²) in [4.78, 5) is 18.6. The number of benzene rings is 1. The number of aliphatic imine (C=N–C) groups is 1. The van der Waals surface area contributed by atoms with Gasteiger partial charge in [-0.3, -0.25) is 9.48 Å². The Labute approximate surface area is 180 Å². The van der Waals surface area contributed by atoms with Crippen molar-refractivity contribution in [1.29, 1.82) is 0 Å². The van der Waals surface area contributed by atoms with E-state index in [0.29, 0.717) is 12.1 Å². The van der Waals surface area contributed by atoms with Crippen molar-refractivity contribution in [3.63, 3.8) is 0 Å². The summed E-state index contributed by atoms with van der Waals surface area (Å²) in [7, 11) is 5.54. The first kappa shape index (κ1) is 23.4. The molecule has 0 saturated carbocycles. The van der Waals surface area contributed by atoms with E-state index in [1.807, 2.05) is 29.9 Å². The number of aryl methyl sites for hydroxylation is 2. The molecule has 0 aliphatic rings. The molecule has 0 aliphatic heterocycles. The number of carbonyl (C=O) groups is 1. The van der Waals surface area contributed by atoms with Gasteiger partial charge in [-0.1, -0.05) is 26.0 Å². The minimum absolute atomic E-state index is 0.0228. The van der Waals surface area contributed by atoms with Crippen molar-refractivity contribution in [3.8, 4) is 0 Å². The molecule has 0 spiro atoms. The van der Waals surface area contributed by atoms with E-state index < -0.39 is 0 Å². The van der Waals surface area contributed by atoms with E-state index in [2.05, 4.69) is 42.6 Å². The fourth-order valence-corrected chi connectivity index (χ4v) is 3.52. The molecule has 0 saturated heterocycles. The Morgan fingerprint density at radius 1 is 1.17 bits per heavy atom. The molecule has 0 unspecified atom stereocenters. The molecular formula is C23H36N6O. The lowest BCUT2D eigenvalue weighted by molar-refractivity contribution is 0.0827. The van der Waals surface area contributed by atoms with Crippen LogP contribution < -0.4 is 10.6 Å². The van der Waals surface area contributed by atoms with E-state index in [0.717, 1.165) is 49.6 Å². The minimum Gasteiger partial charge on any atom is -0.357 e. The van der Waals surface area contributed by atoms with Crippen LogP contribution in [-0.4, -0.2) is 53.7 Å². The molecule has 7 heteroatoms. The second-order valence-corrected chi connectivity index (χ2v) is 7.47. The van der Waals surface area contributed by atoms with Crippen LogP contribution in [0.3, 0.4) is 0 Å². The molecule has 7 nitrogen and oxygen atoms in total. The normalized spacial score (nSPS) is 11.5. The first-order chi connectivity index (χ1) is 14.4. The highest BCUT2D eigenvalue weighted by Crippen LogP contribution is 2.16. The molecule has 0 bridgehead atoms. The van der Waals surface area contributed by atoms with Crippen molar-refractivity contribution in [2.75, 3.05) is 27.2 Å². The summed E-state index contributed by atoms with van der Waals surface area (Å²) < 4.78 is 1.98. The fourth-order valence-electron chi connectivity index (χ4n) is 3.52. The highest BCUT2D eigenvalue weighted by atomic mass is 16.2. The standard InChI is InChI=1S/C23H36N6O/c1-7-20-19(21(8-2)29(6)27-20)16-26-23(24-9-3)25-14-13-17-11-10-12-18(15-17)22(30)28(4)5/h10-12,15H,7-9,13-14,16H2,1-6H3,(H2,24,25,26). The van der Waals surface area contributed by atoms with Gasteiger partial charge in [0, 0.05) is 51.1 Å². The summed E-state index contributed by atoms with van der Waals surface area (Å²) >= 11 is 0. The van der Waals surface area contributed by atoms with E-state index in [1.165, 1.54) is 11.3 Å². The van der Waals surface area contributed by atoms with Gasteiger partial charge in [-0.2, -0.15) is 5.10 Å². The number of hydrogen-bond acceptors (Lipinski definition) is 3. The topological polar surface area (TPSA) is 74.5 Å². The predicted octanol–water partition coefficient (Wildman–Crippen LogP) is 2.54. The molecule has 2 rings (SSSR count). The van der Waals surface area contributed by atoms with Gasteiger partial charge in [0.25, 0.3) is 5.91 Å². The molecule has 0 radical (unpaired) electrons. The van der Waals surface area contributed by atoms with Gasteiger partial charge in [-0.25, -0.2) is 4.99 Å². The van der Waals surface area contributed by atoms with Crippen LogP contribution in [0.15, 0.2) is 29.3 Å². The third-order valence-corrected chi connectivity index (χ3v) is 5.05. The number of amides is 1. The zero-order valence-electron chi connectivity index (χ0n) is 19.2. The monoisotopic (exact) mass is 412 g/mol. The van der Waals surface area contributed by atoms with Crippen LogP contribution in [0.1, 0.15) is 53.6 Å². The molecule has 30 heavy (non-hydrogen) atoms. The smallest absolute Gasteiger partial charge is 0.253 e. The van der Waals surface area contributed by atoms with Gasteiger partial charge >= 0.3 is 0 Å². The van der Waals surface area contributed by atoms with Gasteiger partial charge in [0.15, 0.2) is 5.96 Å². The maximum absolute atomic E-state index is 12.2. The van der Waals surface area contributed by atoms with E-state index in [-0.39, 0.29) is 5.91 Å². The number of rotatable bonds is 9. The Hall–Kier alpha value is -2.83. The Balaban J connectivity index is 2.03.